The number of amides is 2. The van der Waals surface area contributed by atoms with Crippen molar-refractivity contribution in [2.45, 2.75) is 26.3 Å². The number of carbonyl (C=O) groups excluding carboxylic acids is 2. The van der Waals surface area contributed by atoms with E-state index in [4.69, 9.17) is 5.73 Å². The molecule has 0 unspecified atom stereocenters. The minimum Gasteiger partial charge on any atom is -0.397 e. The van der Waals surface area contributed by atoms with Gasteiger partial charge in [-0.25, -0.2) is 4.98 Å². The molecule has 6 nitrogen and oxygen atoms in total. The van der Waals surface area contributed by atoms with Crippen molar-refractivity contribution in [1.82, 2.24) is 15.6 Å². The van der Waals surface area contributed by atoms with Gasteiger partial charge in [-0.15, -0.1) is 0 Å². The fourth-order valence-corrected chi connectivity index (χ4v) is 1.31. The molecule has 0 aliphatic rings. The number of aromatic nitrogens is 1. The van der Waals surface area contributed by atoms with Crippen LogP contribution in [-0.2, 0) is 4.79 Å². The van der Waals surface area contributed by atoms with E-state index in [1.165, 1.54) is 6.20 Å². The lowest BCUT2D eigenvalue weighted by Gasteiger charge is -2.08. The maximum atomic E-state index is 11.6. The average molecular weight is 250 g/mol. The quantitative estimate of drug-likeness (QED) is 0.700. The van der Waals surface area contributed by atoms with Gasteiger partial charge in [-0.3, -0.25) is 9.59 Å². The Bertz CT molecular complexity index is 415. The number of carbonyl (C=O) groups is 2. The van der Waals surface area contributed by atoms with E-state index < -0.39 is 0 Å². The van der Waals surface area contributed by atoms with Gasteiger partial charge in [0.25, 0.3) is 5.91 Å². The molecule has 0 fully saturated rings. The van der Waals surface area contributed by atoms with Gasteiger partial charge >= 0.3 is 0 Å². The summed E-state index contributed by atoms with van der Waals surface area (Å²) >= 11 is 0. The van der Waals surface area contributed by atoms with Gasteiger partial charge in [-0.2, -0.15) is 0 Å². The number of pyridine rings is 1. The fraction of sp³-hybridized carbons (Fsp3) is 0.417. The Morgan fingerprint density at radius 2 is 2.11 bits per heavy atom. The summed E-state index contributed by atoms with van der Waals surface area (Å²) in [5.41, 5.74) is 6.25. The number of rotatable bonds is 5. The van der Waals surface area contributed by atoms with E-state index in [2.05, 4.69) is 15.6 Å². The van der Waals surface area contributed by atoms with Crippen LogP contribution in [0.4, 0.5) is 5.69 Å². The molecule has 0 bridgehead atoms. The Balaban J connectivity index is 2.33. The zero-order valence-electron chi connectivity index (χ0n) is 10.6. The highest BCUT2D eigenvalue weighted by Gasteiger charge is 2.08. The number of anilines is 1. The summed E-state index contributed by atoms with van der Waals surface area (Å²) in [7, 11) is 0. The van der Waals surface area contributed by atoms with Crippen molar-refractivity contribution in [2.75, 3.05) is 12.3 Å². The first-order valence-electron chi connectivity index (χ1n) is 5.78. The van der Waals surface area contributed by atoms with Crippen molar-refractivity contribution in [1.29, 1.82) is 0 Å². The van der Waals surface area contributed by atoms with E-state index in [0.717, 1.165) is 0 Å². The maximum Gasteiger partial charge on any atom is 0.269 e. The van der Waals surface area contributed by atoms with Crippen LogP contribution in [0.3, 0.4) is 0 Å². The molecule has 1 heterocycles. The molecule has 18 heavy (non-hydrogen) atoms. The summed E-state index contributed by atoms with van der Waals surface area (Å²) in [6, 6.07) is 3.25. The molecule has 0 saturated heterocycles. The lowest BCUT2D eigenvalue weighted by atomic mass is 10.3. The second-order valence-electron chi connectivity index (χ2n) is 4.20. The summed E-state index contributed by atoms with van der Waals surface area (Å²) in [5.74, 6) is -0.400. The number of nitrogen functional groups attached to an aromatic ring is 1. The van der Waals surface area contributed by atoms with Gasteiger partial charge in [0.1, 0.15) is 5.69 Å². The third kappa shape index (κ3) is 4.82. The number of nitrogens with two attached hydrogens (primary N) is 1. The predicted molar refractivity (Wildman–Crippen MR) is 68.9 cm³/mol. The van der Waals surface area contributed by atoms with Crippen molar-refractivity contribution >= 4 is 17.5 Å². The minimum atomic E-state index is -0.313. The first-order chi connectivity index (χ1) is 8.49. The van der Waals surface area contributed by atoms with Crippen LogP contribution in [0.25, 0.3) is 0 Å². The molecule has 1 aromatic heterocycles. The van der Waals surface area contributed by atoms with Crippen molar-refractivity contribution in [2.24, 2.45) is 0 Å². The molecule has 0 spiro atoms. The Hall–Kier alpha value is -2.11. The van der Waals surface area contributed by atoms with Crippen LogP contribution in [0.5, 0.6) is 0 Å². The molecule has 98 valence electrons. The van der Waals surface area contributed by atoms with Crippen LogP contribution in [0.2, 0.25) is 0 Å². The lowest BCUT2D eigenvalue weighted by molar-refractivity contribution is -0.121. The van der Waals surface area contributed by atoms with Crippen molar-refractivity contribution < 1.29 is 9.59 Å². The molecule has 0 aliphatic heterocycles. The van der Waals surface area contributed by atoms with Gasteiger partial charge in [0.05, 0.1) is 11.9 Å². The highest BCUT2D eigenvalue weighted by atomic mass is 16.2. The van der Waals surface area contributed by atoms with Gasteiger partial charge in [0.15, 0.2) is 0 Å². The summed E-state index contributed by atoms with van der Waals surface area (Å²) in [6.45, 7) is 4.05. The molecule has 0 aromatic carbocycles. The lowest BCUT2D eigenvalue weighted by Crippen LogP contribution is -2.34. The normalized spacial score (nSPS) is 10.2. The monoisotopic (exact) mass is 250 g/mol. The Kier molecular flexibility index (Phi) is 5.10. The summed E-state index contributed by atoms with van der Waals surface area (Å²) in [6.07, 6.45) is 1.67. The summed E-state index contributed by atoms with van der Waals surface area (Å²) in [5, 5.41) is 5.36. The van der Waals surface area contributed by atoms with Gasteiger partial charge < -0.3 is 16.4 Å². The number of hydrogen-bond acceptors (Lipinski definition) is 4. The molecule has 4 N–H and O–H groups in total. The van der Waals surface area contributed by atoms with Crippen molar-refractivity contribution in [3.8, 4) is 0 Å². The van der Waals surface area contributed by atoms with Crippen LogP contribution < -0.4 is 16.4 Å². The third-order valence-corrected chi connectivity index (χ3v) is 2.11. The summed E-state index contributed by atoms with van der Waals surface area (Å²) in [4.78, 5) is 26.8. The molecule has 0 radical (unpaired) electrons. The standard InChI is InChI=1S/C12H18N4O2/c1-8(2)16-11(17)5-6-14-12(18)10-4-3-9(13)7-15-10/h3-4,7-8H,5-6,13H2,1-2H3,(H,14,18)(H,16,17). The second kappa shape index (κ2) is 6.58. The largest absolute Gasteiger partial charge is 0.397 e. The van der Waals surface area contributed by atoms with Crippen molar-refractivity contribution in [3.05, 3.63) is 24.0 Å². The Labute approximate surface area is 106 Å². The smallest absolute Gasteiger partial charge is 0.269 e. The molecule has 6 heteroatoms. The summed E-state index contributed by atoms with van der Waals surface area (Å²) < 4.78 is 0. The first-order valence-corrected chi connectivity index (χ1v) is 5.78. The van der Waals surface area contributed by atoms with E-state index in [-0.39, 0.29) is 36.5 Å². The molecular weight excluding hydrogens is 232 g/mol. The highest BCUT2D eigenvalue weighted by molar-refractivity contribution is 5.92. The van der Waals surface area contributed by atoms with Gasteiger partial charge in [0.2, 0.25) is 5.91 Å². The topological polar surface area (TPSA) is 97.1 Å². The molecule has 0 atom stereocenters. The van der Waals surface area contributed by atoms with Gasteiger partial charge in [0, 0.05) is 19.0 Å². The van der Waals surface area contributed by atoms with E-state index in [1.54, 1.807) is 12.1 Å². The third-order valence-electron chi connectivity index (χ3n) is 2.11. The predicted octanol–water partition coefficient (Wildman–Crippen LogP) is 0.308. The Morgan fingerprint density at radius 3 is 2.67 bits per heavy atom. The molecule has 0 aliphatic carbocycles. The molecule has 1 rings (SSSR count). The van der Waals surface area contributed by atoms with E-state index in [9.17, 15) is 9.59 Å². The minimum absolute atomic E-state index is 0.0874. The zero-order valence-corrected chi connectivity index (χ0v) is 10.6. The molecule has 2 amide bonds. The van der Waals surface area contributed by atoms with E-state index in [1.807, 2.05) is 13.8 Å². The molecule has 1 aromatic rings. The highest BCUT2D eigenvalue weighted by Crippen LogP contribution is 2.00. The maximum absolute atomic E-state index is 11.6. The van der Waals surface area contributed by atoms with Crippen LogP contribution >= 0.6 is 0 Å². The van der Waals surface area contributed by atoms with Crippen LogP contribution in [-0.4, -0.2) is 29.4 Å². The van der Waals surface area contributed by atoms with E-state index >= 15 is 0 Å². The van der Waals surface area contributed by atoms with Crippen LogP contribution in [0.1, 0.15) is 30.8 Å². The number of nitrogens with zero attached hydrogens (tertiary/aromatic N) is 1. The van der Waals surface area contributed by atoms with E-state index in [0.29, 0.717) is 5.69 Å². The first kappa shape index (κ1) is 14.0. The van der Waals surface area contributed by atoms with Gasteiger partial charge in [-0.1, -0.05) is 0 Å². The van der Waals surface area contributed by atoms with Crippen LogP contribution in [0, 0.1) is 0 Å². The number of nitrogens with one attached hydrogen (secondary N) is 2. The second-order valence-corrected chi connectivity index (χ2v) is 4.20. The SMILES string of the molecule is CC(C)NC(=O)CCNC(=O)c1ccc(N)cn1. The Morgan fingerprint density at radius 1 is 1.39 bits per heavy atom. The fourth-order valence-electron chi connectivity index (χ4n) is 1.31. The average Bonchev–Trinajstić information content (AvgIpc) is 2.28. The number of hydrogen-bond donors (Lipinski definition) is 3. The van der Waals surface area contributed by atoms with Crippen LogP contribution in [0.15, 0.2) is 18.3 Å². The zero-order chi connectivity index (χ0) is 13.5. The van der Waals surface area contributed by atoms with Crippen molar-refractivity contribution in [3.63, 3.8) is 0 Å². The molecule has 0 saturated carbocycles. The van der Waals surface area contributed by atoms with Gasteiger partial charge in [-0.05, 0) is 26.0 Å². The molecular formula is C12H18N4O2.